The number of aromatic hydroxyl groups is 2. The lowest BCUT2D eigenvalue weighted by atomic mass is 9.82. The minimum Gasteiger partial charge on any atom is -0.507 e. The highest BCUT2D eigenvalue weighted by Gasteiger charge is 2.47. The highest BCUT2D eigenvalue weighted by Crippen LogP contribution is 2.44. The molecule has 2 aliphatic carbocycles. The van der Waals surface area contributed by atoms with Gasteiger partial charge in [0.25, 0.3) is 0 Å². The fourth-order valence-corrected chi connectivity index (χ4v) is 18.6. The fourth-order valence-electron chi connectivity index (χ4n) is 18.6. The van der Waals surface area contributed by atoms with Crippen molar-refractivity contribution in [3.8, 4) is 34.0 Å². The van der Waals surface area contributed by atoms with Crippen molar-refractivity contribution in [3.63, 3.8) is 0 Å². The van der Waals surface area contributed by atoms with Gasteiger partial charge in [-0.2, -0.15) is 0 Å². The predicted molar refractivity (Wildman–Crippen MR) is 368 cm³/mol. The Bertz CT molecular complexity index is 3410. The maximum absolute atomic E-state index is 12.2. The summed E-state index contributed by atoms with van der Waals surface area (Å²) in [4.78, 5) is 63.8. The first kappa shape index (κ1) is 64.0. The van der Waals surface area contributed by atoms with E-state index in [4.69, 9.17) is 40.9 Å². The van der Waals surface area contributed by atoms with Crippen LogP contribution in [0.2, 0.25) is 0 Å². The molecule has 24 nitrogen and oxygen atoms in total. The molecule has 8 bridgehead atoms. The van der Waals surface area contributed by atoms with Gasteiger partial charge in [-0.1, -0.05) is 24.3 Å². The zero-order chi connectivity index (χ0) is 65.6. The van der Waals surface area contributed by atoms with Crippen molar-refractivity contribution in [1.82, 2.24) is 59.9 Å². The number of para-hydroxylation sites is 2. The summed E-state index contributed by atoms with van der Waals surface area (Å²) < 4.78 is 10.5. The summed E-state index contributed by atoms with van der Waals surface area (Å²) >= 11 is 0. The van der Waals surface area contributed by atoms with E-state index < -0.39 is 0 Å². The molecular formula is C72H94N18O6. The van der Waals surface area contributed by atoms with Crippen LogP contribution in [0.3, 0.4) is 0 Å². The van der Waals surface area contributed by atoms with Gasteiger partial charge in [0.05, 0.1) is 49.1 Å². The van der Waals surface area contributed by atoms with Crippen LogP contribution in [-0.2, 0) is 19.1 Å². The summed E-state index contributed by atoms with van der Waals surface area (Å²) in [6, 6.07) is 22.6. The van der Waals surface area contributed by atoms with Gasteiger partial charge < -0.3 is 50.8 Å². The van der Waals surface area contributed by atoms with Crippen LogP contribution < -0.4 is 31.1 Å². The number of nitrogens with zero attached hydrogens (tertiary/aromatic N) is 16. The van der Waals surface area contributed by atoms with Gasteiger partial charge >= 0.3 is 11.9 Å². The number of esters is 2. The van der Waals surface area contributed by atoms with E-state index in [1.807, 2.05) is 50.2 Å². The van der Waals surface area contributed by atoms with Crippen LogP contribution in [0.25, 0.3) is 22.5 Å². The van der Waals surface area contributed by atoms with E-state index in [1.165, 1.54) is 88.2 Å². The normalized spacial score (nSPS) is 28.9. The van der Waals surface area contributed by atoms with Crippen LogP contribution in [0.15, 0.2) is 85.5 Å². The molecule has 2 saturated carbocycles. The molecule has 4 aromatic heterocycles. The predicted octanol–water partition coefficient (Wildman–Crippen LogP) is 7.63. The number of hydrogen-bond donors (Lipinski definition) is 4. The van der Waals surface area contributed by atoms with E-state index in [9.17, 15) is 19.8 Å². The Balaban J connectivity index is 0.000000158. The largest absolute Gasteiger partial charge is 0.507 e. The summed E-state index contributed by atoms with van der Waals surface area (Å²) in [5.41, 5.74) is 19.4. The molecule has 0 amide bonds. The minimum absolute atomic E-state index is 0.0839. The maximum Gasteiger partial charge on any atom is 0.320 e. The van der Waals surface area contributed by atoms with Gasteiger partial charge in [-0.15, -0.1) is 20.4 Å². The zero-order valence-corrected chi connectivity index (χ0v) is 55.6. The van der Waals surface area contributed by atoms with E-state index in [0.29, 0.717) is 133 Å². The number of carbonyl (C=O) groups excluding carboxylic acids is 2. The number of nitrogens with two attached hydrogens (primary N) is 2. The number of fused-ring (bicyclic) bond motifs is 8. The van der Waals surface area contributed by atoms with Crippen LogP contribution in [0.1, 0.15) is 140 Å². The van der Waals surface area contributed by atoms with E-state index in [0.717, 1.165) is 101 Å². The third kappa shape index (κ3) is 13.1. The minimum atomic E-state index is -0.0839. The molecule has 508 valence electrons. The topological polar surface area (TPSA) is 274 Å². The van der Waals surface area contributed by atoms with Crippen LogP contribution >= 0.6 is 0 Å². The first-order valence-corrected chi connectivity index (χ1v) is 35.7. The second-order valence-corrected chi connectivity index (χ2v) is 28.7. The molecule has 0 radical (unpaired) electrons. The first-order valence-electron chi connectivity index (χ1n) is 35.7. The van der Waals surface area contributed by atoms with Crippen molar-refractivity contribution in [1.29, 1.82) is 0 Å². The van der Waals surface area contributed by atoms with Crippen molar-refractivity contribution in [2.45, 2.75) is 189 Å². The van der Waals surface area contributed by atoms with Gasteiger partial charge in [-0.05, 0) is 176 Å². The Labute approximate surface area is 562 Å². The molecular weight excluding hydrogens is 1210 g/mol. The van der Waals surface area contributed by atoms with Crippen molar-refractivity contribution < 1.29 is 29.3 Å². The molecule has 6 unspecified atom stereocenters. The Morgan fingerprint density at radius 1 is 0.438 bits per heavy atom. The molecule has 6 aromatic rings. The van der Waals surface area contributed by atoms with E-state index in [2.05, 4.69) is 84.4 Å². The van der Waals surface area contributed by atoms with E-state index in [-0.39, 0.29) is 23.4 Å². The molecule has 8 saturated heterocycles. The molecule has 8 atom stereocenters. The van der Waals surface area contributed by atoms with Crippen LogP contribution in [0.4, 0.5) is 34.9 Å². The molecule has 10 aliphatic rings. The number of likely N-dealkylation sites (tertiary alicyclic amines) is 2. The first-order chi connectivity index (χ1) is 46.9. The molecule has 8 aliphatic heterocycles. The SMILES string of the molecule is CCOC(=O)CN1C2CCC1CN(C1CCC(c3cnc(N4C5CC[C@@H]4CN(c4cc(-c6ccccc6O)nnc4N)C5)nc3)CC1)C2.CCOC(=O)CN1C2CCC1CN(C1CCC(c3cnc(N4C5CC[C@H]4CN(c4cc(-c6ccccc6O)nnc4N)C5)nc3)CC1)C2. The van der Waals surface area contributed by atoms with Crippen LogP contribution in [0.5, 0.6) is 11.5 Å². The summed E-state index contributed by atoms with van der Waals surface area (Å²) in [6.45, 7) is 13.0. The molecule has 0 spiro atoms. The third-order valence-electron chi connectivity index (χ3n) is 23.3. The van der Waals surface area contributed by atoms with E-state index >= 15 is 0 Å². The van der Waals surface area contributed by atoms with Gasteiger partial charge in [-0.3, -0.25) is 29.2 Å². The summed E-state index contributed by atoms with van der Waals surface area (Å²) in [5.74, 6) is 3.65. The number of carbonyl (C=O) groups is 2. The second kappa shape index (κ2) is 27.8. The standard InChI is InChI=1S/2C36H47N9O3/c2*1-2-48-34(47)22-44-26-11-12-27(44)19-42(18-26)25-9-7-23(8-10-25)24-16-38-36(39-17-24)45-28-13-14-29(45)21-43(20-28)32-15-31(40-41-35(32)37)30-5-3-4-6-33(30)46/h2*3-6,15-17,23,25-29,46H,2,7-14,18-22H2,1H3,(H2,37,41)/t2*23?,25?,26?,27?,28-,29?/m10/s1. The van der Waals surface area contributed by atoms with Crippen LogP contribution in [-0.4, -0.2) is 221 Å². The van der Waals surface area contributed by atoms with Gasteiger partial charge in [0.2, 0.25) is 11.9 Å². The number of phenols is 2. The highest BCUT2D eigenvalue weighted by atomic mass is 16.5. The average molecular weight is 1310 g/mol. The number of aromatic nitrogens is 8. The Kier molecular flexibility index (Phi) is 18.5. The lowest BCUT2D eigenvalue weighted by molar-refractivity contribution is -0.147. The number of benzene rings is 2. The number of anilines is 6. The lowest BCUT2D eigenvalue weighted by Crippen LogP contribution is -2.57. The zero-order valence-electron chi connectivity index (χ0n) is 55.6. The highest BCUT2D eigenvalue weighted by molar-refractivity contribution is 5.76. The second-order valence-electron chi connectivity index (χ2n) is 28.7. The van der Waals surface area contributed by atoms with Gasteiger partial charge in [0.15, 0.2) is 11.6 Å². The monoisotopic (exact) mass is 1310 g/mol. The summed E-state index contributed by atoms with van der Waals surface area (Å²) in [7, 11) is 0. The van der Waals surface area contributed by atoms with Crippen LogP contribution in [0, 0.1) is 0 Å². The number of hydrogen-bond acceptors (Lipinski definition) is 24. The Hall–Kier alpha value is -8.06. The lowest BCUT2D eigenvalue weighted by Gasteiger charge is -2.45. The fraction of sp³-hybridized carbons (Fsp3) is 0.583. The number of ether oxygens (including phenoxy) is 2. The maximum atomic E-state index is 12.2. The molecule has 6 N–H and O–H groups in total. The van der Waals surface area contributed by atoms with Gasteiger partial charge in [0, 0.05) is 149 Å². The van der Waals surface area contributed by atoms with Gasteiger partial charge in [0.1, 0.15) is 11.5 Å². The number of rotatable bonds is 16. The van der Waals surface area contributed by atoms with Crippen molar-refractivity contribution in [2.24, 2.45) is 0 Å². The number of piperazine rings is 4. The Morgan fingerprint density at radius 3 is 1.09 bits per heavy atom. The Morgan fingerprint density at radius 2 is 0.760 bits per heavy atom. The third-order valence-corrected chi connectivity index (χ3v) is 23.3. The molecule has 24 heteroatoms. The quantitative estimate of drug-likeness (QED) is 0.0678. The molecule has 16 rings (SSSR count). The average Bonchev–Trinajstić information content (AvgIpc) is 1.56. The molecule has 2 aromatic carbocycles. The number of nitrogen functional groups attached to an aromatic ring is 2. The summed E-state index contributed by atoms with van der Waals surface area (Å²) in [6.07, 6.45) is 26.9. The molecule has 10 fully saturated rings. The van der Waals surface area contributed by atoms with Gasteiger partial charge in [-0.25, -0.2) is 19.9 Å². The summed E-state index contributed by atoms with van der Waals surface area (Å²) in [5, 5.41) is 37.8. The van der Waals surface area contributed by atoms with Crippen molar-refractivity contribution >= 4 is 46.8 Å². The van der Waals surface area contributed by atoms with E-state index in [1.54, 1.807) is 24.3 Å². The van der Waals surface area contributed by atoms with Crippen molar-refractivity contribution in [2.75, 3.05) is 110 Å². The smallest absolute Gasteiger partial charge is 0.320 e. The van der Waals surface area contributed by atoms with Crippen molar-refractivity contribution in [3.05, 3.63) is 96.6 Å². The molecule has 12 heterocycles. The molecule has 96 heavy (non-hydrogen) atoms. The number of phenolic OH excluding ortho intramolecular Hbond substituents is 2.